The Balaban J connectivity index is 1.01. The molecule has 1 aliphatic heterocycles. The highest BCUT2D eigenvalue weighted by molar-refractivity contribution is 6.07. The Morgan fingerprint density at radius 3 is 2.50 bits per heavy atom. The van der Waals surface area contributed by atoms with Gasteiger partial charge in [0.25, 0.3) is 0 Å². The summed E-state index contributed by atoms with van der Waals surface area (Å²) in [6.07, 6.45) is 8.91. The van der Waals surface area contributed by atoms with Crippen LogP contribution in [0.2, 0.25) is 0 Å². The molecule has 200 valence electrons. The predicted molar refractivity (Wildman–Crippen MR) is 148 cm³/mol. The summed E-state index contributed by atoms with van der Waals surface area (Å²) >= 11 is 0. The summed E-state index contributed by atoms with van der Waals surface area (Å²) in [6, 6.07) is 8.36. The van der Waals surface area contributed by atoms with Crippen molar-refractivity contribution in [2.45, 2.75) is 39.2 Å². The average molecular weight is 517 g/mol. The molecule has 0 atom stereocenters. The Morgan fingerprint density at radius 1 is 0.947 bits per heavy atom. The zero-order chi connectivity index (χ0) is 26.5. The number of piperazine rings is 1. The van der Waals surface area contributed by atoms with E-state index in [0.717, 1.165) is 71.2 Å². The Kier molecular flexibility index (Phi) is 7.85. The summed E-state index contributed by atoms with van der Waals surface area (Å²) < 4.78 is 11.3. The van der Waals surface area contributed by atoms with Gasteiger partial charge >= 0.3 is 6.09 Å². The standard InChI is InChI=1S/C29H36N6O3/c1-29(2,3)38-28(36)35-12-10-34(11-13-35)14-16-37-15-4-5-27-31-18-22(19-32-27)21-6-7-23-24-20-30-9-8-25(24)33-26(23)17-21/h6-9,17-20,33H,4-5,10-16H2,1-3H3. The maximum absolute atomic E-state index is 12.2. The van der Waals surface area contributed by atoms with Crippen molar-refractivity contribution in [2.75, 3.05) is 45.9 Å². The molecule has 1 N–H and O–H groups in total. The van der Waals surface area contributed by atoms with E-state index in [1.807, 2.05) is 45.4 Å². The highest BCUT2D eigenvalue weighted by Crippen LogP contribution is 2.28. The van der Waals surface area contributed by atoms with E-state index in [9.17, 15) is 4.79 Å². The third-order valence-corrected chi connectivity index (χ3v) is 6.70. The molecular weight excluding hydrogens is 480 g/mol. The number of pyridine rings is 1. The maximum atomic E-state index is 12.2. The van der Waals surface area contributed by atoms with Gasteiger partial charge in [-0.05, 0) is 44.9 Å². The quantitative estimate of drug-likeness (QED) is 0.340. The molecule has 5 rings (SSSR count). The lowest BCUT2D eigenvalue weighted by Crippen LogP contribution is -2.50. The number of H-pyrrole nitrogens is 1. The first-order chi connectivity index (χ1) is 18.4. The van der Waals surface area contributed by atoms with Crippen molar-refractivity contribution in [1.29, 1.82) is 0 Å². The van der Waals surface area contributed by atoms with Crippen LogP contribution in [-0.4, -0.2) is 87.4 Å². The number of hydrogen-bond donors (Lipinski definition) is 1. The lowest BCUT2D eigenvalue weighted by atomic mass is 10.1. The van der Waals surface area contributed by atoms with Gasteiger partial charge in [0.15, 0.2) is 0 Å². The summed E-state index contributed by atoms with van der Waals surface area (Å²) in [5.41, 5.74) is 3.79. The molecule has 9 nitrogen and oxygen atoms in total. The van der Waals surface area contributed by atoms with Crippen molar-refractivity contribution < 1.29 is 14.3 Å². The molecule has 1 aliphatic rings. The molecule has 1 saturated heterocycles. The molecule has 0 bridgehead atoms. The predicted octanol–water partition coefficient (Wildman–Crippen LogP) is 4.68. The normalized spacial score (nSPS) is 14.9. The summed E-state index contributed by atoms with van der Waals surface area (Å²) in [5.74, 6) is 0.827. The van der Waals surface area contributed by atoms with Gasteiger partial charge in [0.05, 0.1) is 6.61 Å². The zero-order valence-corrected chi connectivity index (χ0v) is 22.4. The molecule has 1 amide bonds. The van der Waals surface area contributed by atoms with Crippen LogP contribution in [0.15, 0.2) is 49.1 Å². The second-order valence-electron chi connectivity index (χ2n) is 10.7. The van der Waals surface area contributed by atoms with Crippen molar-refractivity contribution in [1.82, 2.24) is 29.7 Å². The van der Waals surface area contributed by atoms with E-state index >= 15 is 0 Å². The number of aryl methyl sites for hydroxylation is 1. The van der Waals surface area contributed by atoms with Gasteiger partial charge in [0, 0.05) is 97.9 Å². The van der Waals surface area contributed by atoms with Crippen molar-refractivity contribution >= 4 is 27.9 Å². The molecule has 1 aromatic carbocycles. The van der Waals surface area contributed by atoms with Gasteiger partial charge in [-0.15, -0.1) is 0 Å². The third kappa shape index (κ3) is 6.46. The number of nitrogens with zero attached hydrogens (tertiary/aromatic N) is 5. The highest BCUT2D eigenvalue weighted by atomic mass is 16.6. The Morgan fingerprint density at radius 2 is 1.74 bits per heavy atom. The second kappa shape index (κ2) is 11.4. The van der Waals surface area contributed by atoms with E-state index in [0.29, 0.717) is 26.3 Å². The van der Waals surface area contributed by atoms with Crippen molar-refractivity contribution in [2.24, 2.45) is 0 Å². The Hall–Kier alpha value is -3.56. The van der Waals surface area contributed by atoms with Crippen LogP contribution in [0, 0.1) is 0 Å². The van der Waals surface area contributed by atoms with Crippen LogP contribution in [-0.2, 0) is 15.9 Å². The minimum Gasteiger partial charge on any atom is -0.444 e. The van der Waals surface area contributed by atoms with Crippen molar-refractivity contribution in [3.63, 3.8) is 0 Å². The molecule has 9 heteroatoms. The van der Waals surface area contributed by atoms with Crippen LogP contribution in [0.3, 0.4) is 0 Å². The van der Waals surface area contributed by atoms with Gasteiger partial charge in [-0.3, -0.25) is 9.88 Å². The van der Waals surface area contributed by atoms with E-state index < -0.39 is 5.60 Å². The van der Waals surface area contributed by atoms with E-state index in [-0.39, 0.29) is 6.09 Å². The van der Waals surface area contributed by atoms with Gasteiger partial charge < -0.3 is 19.4 Å². The molecule has 0 spiro atoms. The minimum atomic E-state index is -0.458. The number of fused-ring (bicyclic) bond motifs is 3. The Labute approximate surface area is 223 Å². The fourth-order valence-corrected chi connectivity index (χ4v) is 4.67. The number of carbonyl (C=O) groups excluding carboxylic acids is 1. The van der Waals surface area contributed by atoms with E-state index in [4.69, 9.17) is 9.47 Å². The van der Waals surface area contributed by atoms with Crippen molar-refractivity contribution in [3.8, 4) is 11.1 Å². The van der Waals surface area contributed by atoms with Crippen LogP contribution in [0.4, 0.5) is 4.79 Å². The first-order valence-corrected chi connectivity index (χ1v) is 13.3. The number of amides is 1. The topological polar surface area (TPSA) is 96.5 Å². The van der Waals surface area contributed by atoms with Crippen LogP contribution in [0.1, 0.15) is 33.0 Å². The van der Waals surface area contributed by atoms with Gasteiger partial charge in [-0.25, -0.2) is 14.8 Å². The van der Waals surface area contributed by atoms with Crippen molar-refractivity contribution in [3.05, 3.63) is 54.9 Å². The molecule has 0 saturated carbocycles. The molecule has 1 fully saturated rings. The molecule has 38 heavy (non-hydrogen) atoms. The third-order valence-electron chi connectivity index (χ3n) is 6.70. The molecule has 0 unspecified atom stereocenters. The summed E-state index contributed by atoms with van der Waals surface area (Å²) in [6.45, 7) is 11.0. The van der Waals surface area contributed by atoms with Crippen LogP contribution in [0.5, 0.6) is 0 Å². The monoisotopic (exact) mass is 516 g/mol. The Bertz CT molecular complexity index is 1370. The SMILES string of the molecule is CC(C)(C)OC(=O)N1CCN(CCOCCCc2ncc(-c3ccc4c(c3)[nH]c3ccncc34)cn2)CC1. The first-order valence-electron chi connectivity index (χ1n) is 13.3. The van der Waals surface area contributed by atoms with Crippen LogP contribution in [0.25, 0.3) is 32.9 Å². The van der Waals surface area contributed by atoms with Crippen LogP contribution >= 0.6 is 0 Å². The largest absolute Gasteiger partial charge is 0.444 e. The van der Waals surface area contributed by atoms with E-state index in [2.05, 4.69) is 43.0 Å². The second-order valence-corrected chi connectivity index (χ2v) is 10.7. The number of benzene rings is 1. The van der Waals surface area contributed by atoms with Gasteiger partial charge in [-0.1, -0.05) is 12.1 Å². The maximum Gasteiger partial charge on any atom is 0.410 e. The van der Waals surface area contributed by atoms with E-state index in [1.54, 1.807) is 11.1 Å². The summed E-state index contributed by atoms with van der Waals surface area (Å²) in [4.78, 5) is 33.1. The number of aromatic nitrogens is 4. The molecule has 3 aromatic heterocycles. The smallest absolute Gasteiger partial charge is 0.410 e. The van der Waals surface area contributed by atoms with Gasteiger partial charge in [0.1, 0.15) is 11.4 Å². The van der Waals surface area contributed by atoms with Gasteiger partial charge in [-0.2, -0.15) is 0 Å². The zero-order valence-electron chi connectivity index (χ0n) is 22.4. The molecule has 4 heterocycles. The fraction of sp³-hybridized carbons (Fsp3) is 0.448. The number of hydrogen-bond acceptors (Lipinski definition) is 7. The number of ether oxygens (including phenoxy) is 2. The molecule has 0 aliphatic carbocycles. The minimum absolute atomic E-state index is 0.225. The molecule has 0 radical (unpaired) electrons. The average Bonchev–Trinajstić information content (AvgIpc) is 3.28. The fourth-order valence-electron chi connectivity index (χ4n) is 4.67. The van der Waals surface area contributed by atoms with Gasteiger partial charge in [0.2, 0.25) is 0 Å². The molecule has 4 aromatic rings. The number of rotatable bonds is 8. The van der Waals surface area contributed by atoms with E-state index in [1.165, 1.54) is 0 Å². The highest BCUT2D eigenvalue weighted by Gasteiger charge is 2.25. The lowest BCUT2D eigenvalue weighted by Gasteiger charge is -2.35. The number of carbonyl (C=O) groups is 1. The summed E-state index contributed by atoms with van der Waals surface area (Å²) in [5, 5.41) is 2.29. The first kappa shape index (κ1) is 26.1. The number of nitrogens with one attached hydrogen (secondary N) is 1. The number of aromatic amines is 1. The van der Waals surface area contributed by atoms with Crippen LogP contribution < -0.4 is 0 Å². The molecular formula is C29H36N6O3. The lowest BCUT2D eigenvalue weighted by molar-refractivity contribution is 0.0115. The summed E-state index contributed by atoms with van der Waals surface area (Å²) in [7, 11) is 0.